The monoisotopic (exact) mass is 403 g/mol. The standard InChI is InChI=1S/C8H7I2NO2/c1-13-8(12)4-2-5(9)6(10)3-7(4)11/h2-3H,11H2,1H3. The number of hydrogen-bond donors (Lipinski definition) is 1. The van der Waals surface area contributed by atoms with Crippen LogP contribution in [0.5, 0.6) is 0 Å². The predicted molar refractivity (Wildman–Crippen MR) is 67.6 cm³/mol. The van der Waals surface area contributed by atoms with Gasteiger partial charge in [0.2, 0.25) is 0 Å². The molecule has 0 aliphatic heterocycles. The van der Waals surface area contributed by atoms with Gasteiger partial charge in [-0.2, -0.15) is 0 Å². The van der Waals surface area contributed by atoms with Gasteiger partial charge in [-0.15, -0.1) is 0 Å². The third kappa shape index (κ3) is 2.46. The van der Waals surface area contributed by atoms with Crippen molar-refractivity contribution in [3.8, 4) is 0 Å². The van der Waals surface area contributed by atoms with Crippen LogP contribution in [0.1, 0.15) is 10.4 Å². The topological polar surface area (TPSA) is 52.3 Å². The SMILES string of the molecule is COC(=O)c1cc(I)c(I)cc1N. The van der Waals surface area contributed by atoms with Crippen molar-refractivity contribution in [2.45, 2.75) is 0 Å². The molecule has 0 atom stereocenters. The number of nitrogens with two attached hydrogens (primary N) is 1. The van der Waals surface area contributed by atoms with Crippen molar-refractivity contribution in [1.29, 1.82) is 0 Å². The lowest BCUT2D eigenvalue weighted by atomic mass is 10.2. The molecule has 1 aromatic carbocycles. The molecule has 70 valence electrons. The van der Waals surface area contributed by atoms with Gasteiger partial charge < -0.3 is 10.5 Å². The second-order valence-corrected chi connectivity index (χ2v) is 4.67. The van der Waals surface area contributed by atoms with Gasteiger partial charge in [-0.05, 0) is 57.3 Å². The molecule has 0 amide bonds. The van der Waals surface area contributed by atoms with Gasteiger partial charge in [-0.25, -0.2) is 4.79 Å². The summed E-state index contributed by atoms with van der Waals surface area (Å²) in [6.45, 7) is 0. The van der Waals surface area contributed by atoms with Gasteiger partial charge >= 0.3 is 5.97 Å². The molecule has 0 aliphatic carbocycles. The minimum Gasteiger partial charge on any atom is -0.465 e. The number of halogens is 2. The van der Waals surface area contributed by atoms with Crippen molar-refractivity contribution >= 4 is 56.8 Å². The molecule has 0 spiro atoms. The number of benzene rings is 1. The second kappa shape index (κ2) is 4.45. The Balaban J connectivity index is 3.23. The van der Waals surface area contributed by atoms with E-state index in [9.17, 15) is 4.79 Å². The van der Waals surface area contributed by atoms with E-state index in [0.717, 1.165) is 7.14 Å². The smallest absolute Gasteiger partial charge is 0.339 e. The Kier molecular flexibility index (Phi) is 3.77. The summed E-state index contributed by atoms with van der Waals surface area (Å²) in [5.74, 6) is -0.396. The molecule has 0 saturated heterocycles. The van der Waals surface area contributed by atoms with E-state index < -0.39 is 5.97 Å². The van der Waals surface area contributed by atoms with Crippen LogP contribution in [0.4, 0.5) is 5.69 Å². The van der Waals surface area contributed by atoms with E-state index in [1.165, 1.54) is 7.11 Å². The normalized spacial score (nSPS) is 9.77. The Hall–Kier alpha value is -0.0500. The van der Waals surface area contributed by atoms with Crippen LogP contribution in [-0.2, 0) is 4.74 Å². The fourth-order valence-corrected chi connectivity index (χ4v) is 1.81. The van der Waals surface area contributed by atoms with E-state index in [1.807, 2.05) is 0 Å². The van der Waals surface area contributed by atoms with Crippen molar-refractivity contribution in [3.05, 3.63) is 24.8 Å². The van der Waals surface area contributed by atoms with Crippen LogP contribution < -0.4 is 5.73 Å². The lowest BCUT2D eigenvalue weighted by Crippen LogP contribution is -2.06. The zero-order valence-corrected chi connectivity index (χ0v) is 11.1. The summed E-state index contributed by atoms with van der Waals surface area (Å²) in [6.07, 6.45) is 0. The zero-order chi connectivity index (χ0) is 10.0. The minimum atomic E-state index is -0.396. The van der Waals surface area contributed by atoms with Gasteiger partial charge in [0.05, 0.1) is 12.7 Å². The number of ether oxygens (including phenoxy) is 1. The molecule has 3 nitrogen and oxygen atoms in total. The van der Waals surface area contributed by atoms with Crippen LogP contribution >= 0.6 is 45.2 Å². The molecule has 1 rings (SSSR count). The highest BCUT2D eigenvalue weighted by Crippen LogP contribution is 2.22. The summed E-state index contributed by atoms with van der Waals surface area (Å²) in [5, 5.41) is 0. The first-order valence-electron chi connectivity index (χ1n) is 3.39. The molecule has 2 N–H and O–H groups in total. The number of carbonyl (C=O) groups is 1. The summed E-state index contributed by atoms with van der Waals surface area (Å²) in [6, 6.07) is 3.48. The molecule has 5 heteroatoms. The maximum absolute atomic E-state index is 11.2. The van der Waals surface area contributed by atoms with Gasteiger partial charge in [0.15, 0.2) is 0 Å². The number of hydrogen-bond acceptors (Lipinski definition) is 3. The molecule has 0 saturated carbocycles. The Morgan fingerprint density at radius 1 is 1.38 bits per heavy atom. The minimum absolute atomic E-state index is 0.396. The quantitative estimate of drug-likeness (QED) is 0.445. The molecule has 0 unspecified atom stereocenters. The molecule has 13 heavy (non-hydrogen) atoms. The van der Waals surface area contributed by atoms with Gasteiger partial charge in [-0.1, -0.05) is 0 Å². The molecule has 0 aromatic heterocycles. The van der Waals surface area contributed by atoms with Gasteiger partial charge in [0.1, 0.15) is 0 Å². The predicted octanol–water partition coefficient (Wildman–Crippen LogP) is 2.26. The number of nitrogen functional groups attached to an aromatic ring is 1. The molecule has 0 aliphatic rings. The van der Waals surface area contributed by atoms with Crippen LogP contribution in [0, 0.1) is 7.14 Å². The number of carbonyl (C=O) groups excluding carboxylic acids is 1. The lowest BCUT2D eigenvalue weighted by Gasteiger charge is -2.05. The van der Waals surface area contributed by atoms with Crippen LogP contribution in [0.15, 0.2) is 12.1 Å². The third-order valence-electron chi connectivity index (χ3n) is 1.50. The first kappa shape index (κ1) is 11.0. The van der Waals surface area contributed by atoms with Crippen molar-refractivity contribution in [1.82, 2.24) is 0 Å². The molecular formula is C8H7I2NO2. The lowest BCUT2D eigenvalue weighted by molar-refractivity contribution is 0.0602. The summed E-state index contributed by atoms with van der Waals surface area (Å²) in [5.41, 5.74) is 6.54. The van der Waals surface area contributed by atoms with Crippen molar-refractivity contribution < 1.29 is 9.53 Å². The fraction of sp³-hybridized carbons (Fsp3) is 0.125. The average molecular weight is 403 g/mol. The van der Waals surface area contributed by atoms with Crippen LogP contribution in [0.3, 0.4) is 0 Å². The van der Waals surface area contributed by atoms with E-state index in [2.05, 4.69) is 49.9 Å². The Bertz CT molecular complexity index is 352. The van der Waals surface area contributed by atoms with Crippen molar-refractivity contribution in [2.24, 2.45) is 0 Å². The molecule has 0 bridgehead atoms. The second-order valence-electron chi connectivity index (χ2n) is 2.35. The maximum atomic E-state index is 11.2. The maximum Gasteiger partial charge on any atom is 0.339 e. The average Bonchev–Trinajstić information content (AvgIpc) is 2.10. The van der Waals surface area contributed by atoms with Gasteiger partial charge in [0.25, 0.3) is 0 Å². The van der Waals surface area contributed by atoms with Crippen LogP contribution in [-0.4, -0.2) is 13.1 Å². The molecule has 1 aromatic rings. The summed E-state index contributed by atoms with van der Waals surface area (Å²) in [7, 11) is 1.34. The highest BCUT2D eigenvalue weighted by atomic mass is 127. The molecular weight excluding hydrogens is 396 g/mol. The van der Waals surface area contributed by atoms with Gasteiger partial charge in [-0.3, -0.25) is 0 Å². The summed E-state index contributed by atoms with van der Waals surface area (Å²) >= 11 is 4.31. The van der Waals surface area contributed by atoms with E-state index in [0.29, 0.717) is 11.3 Å². The number of anilines is 1. The largest absolute Gasteiger partial charge is 0.465 e. The number of esters is 1. The first-order valence-corrected chi connectivity index (χ1v) is 5.55. The molecule has 0 fully saturated rings. The Morgan fingerprint density at radius 3 is 2.46 bits per heavy atom. The van der Waals surface area contributed by atoms with E-state index in [4.69, 9.17) is 5.73 Å². The third-order valence-corrected chi connectivity index (χ3v) is 4.31. The Labute approximate surface area is 103 Å². The highest BCUT2D eigenvalue weighted by Gasteiger charge is 2.11. The van der Waals surface area contributed by atoms with Crippen molar-refractivity contribution in [3.63, 3.8) is 0 Å². The van der Waals surface area contributed by atoms with Gasteiger partial charge in [0, 0.05) is 12.8 Å². The number of methoxy groups -OCH3 is 1. The zero-order valence-electron chi connectivity index (χ0n) is 6.80. The highest BCUT2D eigenvalue weighted by molar-refractivity contribution is 14.1. The first-order chi connectivity index (χ1) is 6.06. The molecule has 0 heterocycles. The number of rotatable bonds is 1. The van der Waals surface area contributed by atoms with E-state index in [-0.39, 0.29) is 0 Å². The fourth-order valence-electron chi connectivity index (χ4n) is 0.849. The van der Waals surface area contributed by atoms with Crippen molar-refractivity contribution in [2.75, 3.05) is 12.8 Å². The van der Waals surface area contributed by atoms with Crippen LogP contribution in [0.25, 0.3) is 0 Å². The summed E-state index contributed by atoms with van der Waals surface area (Å²) in [4.78, 5) is 11.2. The summed E-state index contributed by atoms with van der Waals surface area (Å²) < 4.78 is 6.61. The molecule has 0 radical (unpaired) electrons. The Morgan fingerprint density at radius 2 is 1.92 bits per heavy atom. The van der Waals surface area contributed by atoms with E-state index >= 15 is 0 Å². The van der Waals surface area contributed by atoms with Crippen LogP contribution in [0.2, 0.25) is 0 Å². The van der Waals surface area contributed by atoms with E-state index in [1.54, 1.807) is 12.1 Å².